The van der Waals surface area contributed by atoms with Crippen LogP contribution < -0.4 is 5.32 Å². The number of allylic oxidation sites excluding steroid dienone is 1. The highest BCUT2D eigenvalue weighted by molar-refractivity contribution is 7.99. The Hall–Kier alpha value is -3.70. The van der Waals surface area contributed by atoms with Gasteiger partial charge in [-0.05, 0) is 28.8 Å². The molecule has 3 aromatic carbocycles. The third-order valence-corrected chi connectivity index (χ3v) is 6.12. The Bertz CT molecular complexity index is 1140. The van der Waals surface area contributed by atoms with Gasteiger partial charge in [0.25, 0.3) is 0 Å². The summed E-state index contributed by atoms with van der Waals surface area (Å²) in [5.74, 6) is 13.1. The van der Waals surface area contributed by atoms with Gasteiger partial charge >= 0.3 is 5.97 Å². The molecule has 0 fully saturated rings. The molecule has 0 amide bonds. The number of carbonyl (C=O) groups excluding carboxylic acids is 1. The van der Waals surface area contributed by atoms with Crippen molar-refractivity contribution in [1.82, 2.24) is 5.32 Å². The normalized spacial score (nSPS) is 16.2. The van der Waals surface area contributed by atoms with E-state index in [1.165, 1.54) is 0 Å². The van der Waals surface area contributed by atoms with Crippen LogP contribution in [0.15, 0.2) is 103 Å². The van der Waals surface area contributed by atoms with Crippen LogP contribution in [0.25, 0.3) is 0 Å². The van der Waals surface area contributed by atoms with Crippen LogP contribution in [0.3, 0.4) is 0 Å². The molecule has 4 rings (SSSR count). The van der Waals surface area contributed by atoms with Crippen LogP contribution in [-0.4, -0.2) is 30.1 Å². The fraction of sp³-hybridized carbons (Fsp3) is 0.167. The molecule has 1 N–H and O–H groups in total. The van der Waals surface area contributed by atoms with Crippen molar-refractivity contribution in [1.29, 1.82) is 0 Å². The number of carbonyl (C=O) groups is 1. The highest BCUT2D eigenvalue weighted by atomic mass is 32.2. The summed E-state index contributed by atoms with van der Waals surface area (Å²) in [6, 6.07) is 30.5. The van der Waals surface area contributed by atoms with Crippen molar-refractivity contribution < 1.29 is 9.53 Å². The molecule has 0 aromatic heterocycles. The molecule has 1 atom stereocenters. The van der Waals surface area contributed by atoms with Gasteiger partial charge in [0.05, 0.1) is 23.6 Å². The summed E-state index contributed by atoms with van der Waals surface area (Å²) in [5, 5.41) is 3.54. The van der Waals surface area contributed by atoms with Crippen molar-refractivity contribution in [3.05, 3.63) is 120 Å². The second kappa shape index (κ2) is 12.0. The van der Waals surface area contributed by atoms with Crippen molar-refractivity contribution in [3.8, 4) is 23.7 Å². The van der Waals surface area contributed by atoms with Crippen LogP contribution in [0.1, 0.15) is 16.7 Å². The minimum Gasteiger partial charge on any atom is -0.444 e. The fourth-order valence-corrected chi connectivity index (χ4v) is 4.38. The first-order valence-electron chi connectivity index (χ1n) is 11.1. The topological polar surface area (TPSA) is 38.3 Å². The lowest BCUT2D eigenvalue weighted by Gasteiger charge is -2.37. The van der Waals surface area contributed by atoms with Crippen LogP contribution in [0.2, 0.25) is 0 Å². The van der Waals surface area contributed by atoms with Crippen LogP contribution in [0.4, 0.5) is 0 Å². The van der Waals surface area contributed by atoms with Crippen LogP contribution in [-0.2, 0) is 15.1 Å². The zero-order chi connectivity index (χ0) is 23.5. The molecule has 0 aliphatic carbocycles. The number of hydrogen-bond acceptors (Lipinski definition) is 4. The molecule has 0 bridgehead atoms. The summed E-state index contributed by atoms with van der Waals surface area (Å²) in [4.78, 5) is 13.0. The van der Waals surface area contributed by atoms with Gasteiger partial charge in [0.1, 0.15) is 0 Å². The van der Waals surface area contributed by atoms with Gasteiger partial charge in [0, 0.05) is 0 Å². The van der Waals surface area contributed by atoms with E-state index in [0.29, 0.717) is 5.75 Å². The summed E-state index contributed by atoms with van der Waals surface area (Å²) in [6.45, 7) is 0.00509. The molecular weight excluding hydrogens is 438 g/mol. The fourth-order valence-electron chi connectivity index (χ4n) is 3.91. The smallest absolute Gasteiger partial charge is 0.321 e. The average molecular weight is 464 g/mol. The largest absolute Gasteiger partial charge is 0.444 e. The molecule has 0 saturated heterocycles. The summed E-state index contributed by atoms with van der Waals surface area (Å²) in [6.07, 6.45) is 2.81. The first-order chi connectivity index (χ1) is 16.8. The quantitative estimate of drug-likeness (QED) is 0.311. The van der Waals surface area contributed by atoms with Gasteiger partial charge in [0.15, 0.2) is 6.10 Å². The second-order valence-corrected chi connectivity index (χ2v) is 8.59. The van der Waals surface area contributed by atoms with Crippen molar-refractivity contribution in [2.24, 2.45) is 0 Å². The molecule has 168 valence electrons. The number of nitrogens with one attached hydrogen (secondary N) is 1. The Kier molecular flexibility index (Phi) is 8.25. The molecule has 3 aromatic rings. The number of thioether (sulfide) groups is 1. The van der Waals surface area contributed by atoms with E-state index in [2.05, 4.69) is 65.4 Å². The maximum atomic E-state index is 13.0. The maximum absolute atomic E-state index is 13.0. The minimum atomic E-state index is -0.733. The number of benzene rings is 3. The Labute approximate surface area is 205 Å². The van der Waals surface area contributed by atoms with E-state index in [9.17, 15) is 4.79 Å². The van der Waals surface area contributed by atoms with Crippen molar-refractivity contribution >= 4 is 17.7 Å². The third-order valence-electron chi connectivity index (χ3n) is 5.43. The molecule has 1 heterocycles. The van der Waals surface area contributed by atoms with Crippen LogP contribution >= 0.6 is 11.8 Å². The molecule has 0 spiro atoms. The Morgan fingerprint density at radius 2 is 1.38 bits per heavy atom. The SMILES string of the molecule is O=C(CNC(c1ccccc1)(c1ccccc1)c1ccccc1)OC1C#CCSCC#C/C=C\1. The standard InChI is InChI=1S/C30H25NO2S/c32-29(33-28-20-11-4-12-22-34-23-13-21-28)24-31-30(25-14-5-1-6-15-25,26-16-7-2-8-17-26)27-18-9-3-10-19-27/h1-3,5-11,14-20,28,31H,22-24H2/b20-11-. The van der Waals surface area contributed by atoms with E-state index in [1.807, 2.05) is 54.6 Å². The van der Waals surface area contributed by atoms with Gasteiger partial charge < -0.3 is 4.74 Å². The minimum absolute atomic E-state index is 0.00509. The second-order valence-electron chi connectivity index (χ2n) is 7.61. The first-order valence-corrected chi connectivity index (χ1v) is 12.3. The first kappa shape index (κ1) is 23.5. The van der Waals surface area contributed by atoms with Crippen LogP contribution in [0.5, 0.6) is 0 Å². The van der Waals surface area contributed by atoms with Crippen molar-refractivity contribution in [3.63, 3.8) is 0 Å². The van der Waals surface area contributed by atoms with Crippen molar-refractivity contribution in [2.75, 3.05) is 18.1 Å². The van der Waals surface area contributed by atoms with Gasteiger partial charge in [-0.25, -0.2) is 0 Å². The summed E-state index contributed by atoms with van der Waals surface area (Å²) in [7, 11) is 0. The third kappa shape index (κ3) is 5.80. The Morgan fingerprint density at radius 1 is 0.853 bits per heavy atom. The lowest BCUT2D eigenvalue weighted by molar-refractivity contribution is -0.143. The molecule has 34 heavy (non-hydrogen) atoms. The molecule has 0 saturated carbocycles. The molecule has 1 aliphatic heterocycles. The van der Waals surface area contributed by atoms with E-state index in [-0.39, 0.29) is 12.5 Å². The van der Waals surface area contributed by atoms with Gasteiger partial charge in [0.2, 0.25) is 0 Å². The lowest BCUT2D eigenvalue weighted by atomic mass is 9.77. The zero-order valence-corrected chi connectivity index (χ0v) is 19.6. The number of ether oxygens (including phenoxy) is 1. The molecule has 3 nitrogen and oxygen atoms in total. The summed E-state index contributed by atoms with van der Waals surface area (Å²) >= 11 is 1.65. The highest BCUT2D eigenvalue weighted by Crippen LogP contribution is 2.36. The molecule has 1 unspecified atom stereocenters. The van der Waals surface area contributed by atoms with Gasteiger partial charge in [-0.15, -0.1) is 11.8 Å². The van der Waals surface area contributed by atoms with Crippen molar-refractivity contribution in [2.45, 2.75) is 11.6 Å². The maximum Gasteiger partial charge on any atom is 0.321 e. The number of esters is 1. The molecule has 1 aliphatic rings. The molecule has 4 heteroatoms. The lowest BCUT2D eigenvalue weighted by Crippen LogP contribution is -2.47. The Morgan fingerprint density at radius 3 is 1.94 bits per heavy atom. The Balaban J connectivity index is 1.65. The van der Waals surface area contributed by atoms with Gasteiger partial charge in [-0.2, -0.15) is 0 Å². The van der Waals surface area contributed by atoms with E-state index < -0.39 is 11.6 Å². The summed E-state index contributed by atoms with van der Waals surface area (Å²) < 4.78 is 5.69. The average Bonchev–Trinajstić information content (AvgIpc) is 2.90. The van der Waals surface area contributed by atoms with E-state index in [0.717, 1.165) is 22.4 Å². The molecular formula is C30H25NO2S. The predicted octanol–water partition coefficient (Wildman–Crippen LogP) is 4.79. The van der Waals surface area contributed by atoms with Gasteiger partial charge in [-0.1, -0.05) is 115 Å². The molecule has 0 radical (unpaired) electrons. The number of rotatable bonds is 7. The summed E-state index contributed by atoms with van der Waals surface area (Å²) in [5.41, 5.74) is 2.37. The van der Waals surface area contributed by atoms with Crippen LogP contribution in [0, 0.1) is 23.7 Å². The van der Waals surface area contributed by atoms with E-state index >= 15 is 0 Å². The monoisotopic (exact) mass is 463 g/mol. The predicted molar refractivity (Wildman–Crippen MR) is 139 cm³/mol. The highest BCUT2D eigenvalue weighted by Gasteiger charge is 2.36. The van der Waals surface area contributed by atoms with E-state index in [1.54, 1.807) is 23.9 Å². The van der Waals surface area contributed by atoms with Gasteiger partial charge in [-0.3, -0.25) is 10.1 Å². The van der Waals surface area contributed by atoms with E-state index in [4.69, 9.17) is 4.74 Å². The zero-order valence-electron chi connectivity index (χ0n) is 18.7. The number of hydrogen-bond donors (Lipinski definition) is 1.